The van der Waals surface area contributed by atoms with Crippen LogP contribution in [0.4, 0.5) is 5.69 Å². The summed E-state index contributed by atoms with van der Waals surface area (Å²) in [4.78, 5) is 28.1. The maximum atomic E-state index is 13.3. The van der Waals surface area contributed by atoms with Gasteiger partial charge in [0.2, 0.25) is 0 Å². The number of carbonyl (C=O) groups excluding carboxylic acids is 2. The quantitative estimate of drug-likeness (QED) is 0.484. The van der Waals surface area contributed by atoms with E-state index in [-0.39, 0.29) is 17.3 Å². The molecule has 0 spiro atoms. The Bertz CT molecular complexity index is 902. The second-order valence-corrected chi connectivity index (χ2v) is 9.06. The fourth-order valence-electron chi connectivity index (χ4n) is 3.13. The van der Waals surface area contributed by atoms with Crippen LogP contribution in [0.15, 0.2) is 58.3 Å². The number of para-hydroxylation sites is 1. The van der Waals surface area contributed by atoms with E-state index in [9.17, 15) is 9.59 Å². The van der Waals surface area contributed by atoms with Gasteiger partial charge in [-0.3, -0.25) is 14.5 Å². The van der Waals surface area contributed by atoms with Crippen LogP contribution in [0.2, 0.25) is 10.0 Å². The van der Waals surface area contributed by atoms with E-state index in [0.29, 0.717) is 21.3 Å². The zero-order chi connectivity index (χ0) is 18.3. The van der Waals surface area contributed by atoms with Crippen LogP contribution in [0.5, 0.6) is 0 Å². The van der Waals surface area contributed by atoms with Crippen molar-refractivity contribution in [2.24, 2.45) is 0 Å². The summed E-state index contributed by atoms with van der Waals surface area (Å²) in [6.07, 6.45) is 0. The molecule has 0 bridgehead atoms. The first-order valence-electron chi connectivity index (χ1n) is 7.96. The Kier molecular flexibility index (Phi) is 5.06. The highest BCUT2D eigenvalue weighted by Gasteiger charge is 2.48. The molecule has 2 saturated heterocycles. The summed E-state index contributed by atoms with van der Waals surface area (Å²) in [5.74, 6) is 1.25. The first kappa shape index (κ1) is 18.0. The smallest absolute Gasteiger partial charge is 0.264 e. The molecule has 1 amide bonds. The highest BCUT2D eigenvalue weighted by atomic mass is 35.5. The van der Waals surface area contributed by atoms with Gasteiger partial charge in [-0.2, -0.15) is 0 Å². The average molecular weight is 422 g/mol. The molecular weight excluding hydrogens is 409 g/mol. The minimum absolute atomic E-state index is 0.245. The number of nitrogens with zero attached hydrogens (tertiary/aromatic N) is 1. The summed E-state index contributed by atoms with van der Waals surface area (Å²) in [7, 11) is 0. The standard InChI is InChI=1S/C19H13Cl2NO2S2/c20-12-7-4-8-13(21)14(12)16-17(23)15(19-25-9-10-26-19)18(24)22(16)11-5-2-1-3-6-11/h1-8,16H,9-10H2. The number of hydrogen-bond acceptors (Lipinski definition) is 4. The Labute approximate surface area is 169 Å². The van der Waals surface area contributed by atoms with Crippen LogP contribution >= 0.6 is 46.7 Å². The number of thioether (sulfide) groups is 2. The van der Waals surface area contributed by atoms with Crippen LogP contribution in [0.3, 0.4) is 0 Å². The first-order valence-corrected chi connectivity index (χ1v) is 10.7. The summed E-state index contributed by atoms with van der Waals surface area (Å²) >= 11 is 15.9. The van der Waals surface area contributed by atoms with Crippen molar-refractivity contribution in [2.45, 2.75) is 6.04 Å². The second kappa shape index (κ2) is 7.31. The minimum Gasteiger partial charge on any atom is -0.293 e. The molecule has 1 atom stereocenters. The number of rotatable bonds is 2. The van der Waals surface area contributed by atoms with Crippen LogP contribution in [0.1, 0.15) is 11.6 Å². The molecule has 3 nitrogen and oxygen atoms in total. The molecular formula is C19H13Cl2NO2S2. The largest absolute Gasteiger partial charge is 0.293 e. The van der Waals surface area contributed by atoms with Gasteiger partial charge in [-0.15, -0.1) is 23.5 Å². The van der Waals surface area contributed by atoms with E-state index in [4.69, 9.17) is 23.2 Å². The van der Waals surface area contributed by atoms with Crippen molar-refractivity contribution < 1.29 is 9.59 Å². The van der Waals surface area contributed by atoms with Crippen LogP contribution < -0.4 is 4.90 Å². The van der Waals surface area contributed by atoms with Crippen molar-refractivity contribution in [3.63, 3.8) is 0 Å². The van der Waals surface area contributed by atoms with Crippen LogP contribution in [0.25, 0.3) is 0 Å². The van der Waals surface area contributed by atoms with Crippen molar-refractivity contribution in [3.05, 3.63) is 73.9 Å². The van der Waals surface area contributed by atoms with Crippen molar-refractivity contribution in [2.75, 3.05) is 16.4 Å². The summed E-state index contributed by atoms with van der Waals surface area (Å²) in [6, 6.07) is 13.4. The molecule has 2 aromatic rings. The third-order valence-electron chi connectivity index (χ3n) is 4.25. The summed E-state index contributed by atoms with van der Waals surface area (Å²) < 4.78 is 0.798. The highest BCUT2D eigenvalue weighted by Crippen LogP contribution is 2.47. The molecule has 2 fully saturated rings. The van der Waals surface area contributed by atoms with Gasteiger partial charge in [-0.25, -0.2) is 0 Å². The van der Waals surface area contributed by atoms with Crippen molar-refractivity contribution >= 4 is 64.1 Å². The zero-order valence-electron chi connectivity index (χ0n) is 13.4. The van der Waals surface area contributed by atoms with E-state index in [1.165, 1.54) is 4.90 Å². The minimum atomic E-state index is -0.851. The van der Waals surface area contributed by atoms with Gasteiger partial charge in [0.15, 0.2) is 5.78 Å². The predicted octanol–water partition coefficient (Wildman–Crippen LogP) is 5.34. The van der Waals surface area contributed by atoms with E-state index >= 15 is 0 Å². The number of halogens is 2. The van der Waals surface area contributed by atoms with E-state index < -0.39 is 6.04 Å². The second-order valence-electron chi connectivity index (χ2n) is 5.77. The summed E-state index contributed by atoms with van der Waals surface area (Å²) in [5.41, 5.74) is 1.37. The Balaban J connectivity index is 1.93. The molecule has 26 heavy (non-hydrogen) atoms. The number of benzene rings is 2. The summed E-state index contributed by atoms with van der Waals surface area (Å²) in [6.45, 7) is 0. The van der Waals surface area contributed by atoms with Gasteiger partial charge in [0.25, 0.3) is 5.91 Å². The maximum Gasteiger partial charge on any atom is 0.264 e. The molecule has 4 rings (SSSR count). The van der Waals surface area contributed by atoms with Gasteiger partial charge in [0, 0.05) is 32.8 Å². The third-order valence-corrected chi connectivity index (χ3v) is 7.62. The Morgan fingerprint density at radius 1 is 0.885 bits per heavy atom. The number of hydrogen-bond donors (Lipinski definition) is 0. The lowest BCUT2D eigenvalue weighted by Gasteiger charge is -2.25. The average Bonchev–Trinajstić information content (AvgIpc) is 3.23. The molecule has 7 heteroatoms. The normalized spacial score (nSPS) is 20.4. The van der Waals surface area contributed by atoms with Crippen LogP contribution in [-0.2, 0) is 9.59 Å². The Hall–Kier alpha value is -1.40. The molecule has 0 N–H and O–H groups in total. The molecule has 0 aromatic heterocycles. The number of carbonyl (C=O) groups is 2. The number of amides is 1. The van der Waals surface area contributed by atoms with E-state index in [1.54, 1.807) is 41.7 Å². The third kappa shape index (κ3) is 2.97. The van der Waals surface area contributed by atoms with Gasteiger partial charge in [0.1, 0.15) is 11.6 Å². The predicted molar refractivity (Wildman–Crippen MR) is 110 cm³/mol. The Morgan fingerprint density at radius 2 is 1.50 bits per heavy atom. The maximum absolute atomic E-state index is 13.3. The molecule has 2 aromatic carbocycles. The van der Waals surface area contributed by atoms with E-state index in [0.717, 1.165) is 15.7 Å². The fraction of sp³-hybridized carbons (Fsp3) is 0.158. The van der Waals surface area contributed by atoms with E-state index in [1.807, 2.05) is 30.3 Å². The number of ketones is 1. The van der Waals surface area contributed by atoms with Gasteiger partial charge < -0.3 is 0 Å². The molecule has 0 aliphatic carbocycles. The molecule has 132 valence electrons. The first-order chi connectivity index (χ1) is 12.6. The number of Topliss-reactive ketones (excluding diaryl/α,β-unsaturated/α-hetero) is 1. The SMILES string of the molecule is O=C1C(=C2SCCS2)C(=O)N(c2ccccc2)C1c1c(Cl)cccc1Cl. The van der Waals surface area contributed by atoms with Crippen molar-refractivity contribution in [1.29, 1.82) is 0 Å². The monoisotopic (exact) mass is 421 g/mol. The van der Waals surface area contributed by atoms with Gasteiger partial charge >= 0.3 is 0 Å². The molecule has 2 aliphatic heterocycles. The lowest BCUT2D eigenvalue weighted by Crippen LogP contribution is -2.29. The molecule has 1 unspecified atom stereocenters. The highest BCUT2D eigenvalue weighted by molar-refractivity contribution is 8.25. The molecule has 2 aliphatic rings. The molecule has 0 radical (unpaired) electrons. The zero-order valence-corrected chi connectivity index (χ0v) is 16.6. The van der Waals surface area contributed by atoms with Crippen LogP contribution in [0, 0.1) is 0 Å². The van der Waals surface area contributed by atoms with Gasteiger partial charge in [0.05, 0.1) is 4.24 Å². The molecule has 0 saturated carbocycles. The van der Waals surface area contributed by atoms with Gasteiger partial charge in [-0.05, 0) is 24.3 Å². The Morgan fingerprint density at radius 3 is 2.12 bits per heavy atom. The topological polar surface area (TPSA) is 37.4 Å². The molecule has 2 heterocycles. The number of anilines is 1. The van der Waals surface area contributed by atoms with Crippen LogP contribution in [-0.4, -0.2) is 23.2 Å². The fourth-order valence-corrected chi connectivity index (χ4v) is 6.27. The summed E-state index contributed by atoms with van der Waals surface area (Å²) in [5, 5.41) is 0.755. The van der Waals surface area contributed by atoms with E-state index in [2.05, 4.69) is 0 Å². The lowest BCUT2D eigenvalue weighted by atomic mass is 10.0. The lowest BCUT2D eigenvalue weighted by molar-refractivity contribution is -0.116. The van der Waals surface area contributed by atoms with Crippen molar-refractivity contribution in [1.82, 2.24) is 0 Å². The van der Waals surface area contributed by atoms with Gasteiger partial charge in [-0.1, -0.05) is 47.5 Å². The van der Waals surface area contributed by atoms with Crippen molar-refractivity contribution in [3.8, 4) is 0 Å².